The summed E-state index contributed by atoms with van der Waals surface area (Å²) >= 11 is 0. The molecule has 104 valence electrons. The topological polar surface area (TPSA) is 49.8 Å². The lowest BCUT2D eigenvalue weighted by Gasteiger charge is -2.25. The molecule has 0 radical (unpaired) electrons. The normalized spacial score (nSPS) is 22.5. The number of carboxylic acid groups (broad SMARTS) is 1. The van der Waals surface area contributed by atoms with Gasteiger partial charge >= 0.3 is 5.97 Å². The second-order valence-corrected chi connectivity index (χ2v) is 5.45. The lowest BCUT2D eigenvalue weighted by molar-refractivity contribution is -0.139. The minimum Gasteiger partial charge on any atom is -0.492 e. The minimum absolute atomic E-state index is 0.148. The van der Waals surface area contributed by atoms with Gasteiger partial charge in [-0.1, -0.05) is 19.1 Å². The van der Waals surface area contributed by atoms with Crippen molar-refractivity contribution in [1.82, 2.24) is 0 Å². The van der Waals surface area contributed by atoms with Crippen LogP contribution < -0.4 is 9.64 Å². The molecule has 0 aliphatic carbocycles. The van der Waals surface area contributed by atoms with Gasteiger partial charge in [0.05, 0.1) is 18.7 Å². The van der Waals surface area contributed by atoms with E-state index in [4.69, 9.17) is 9.84 Å². The first kappa shape index (κ1) is 13.7. The number of anilines is 1. The summed E-state index contributed by atoms with van der Waals surface area (Å²) in [7, 11) is 0. The van der Waals surface area contributed by atoms with Gasteiger partial charge in [0.2, 0.25) is 0 Å². The number of carbonyl (C=O) groups is 1. The Kier molecular flexibility index (Phi) is 3.98. The molecule has 19 heavy (non-hydrogen) atoms. The summed E-state index contributed by atoms with van der Waals surface area (Å²) in [5.41, 5.74) is 0.920. The van der Waals surface area contributed by atoms with Gasteiger partial charge in [0.1, 0.15) is 5.75 Å². The molecule has 1 aromatic carbocycles. The van der Waals surface area contributed by atoms with Gasteiger partial charge in [0, 0.05) is 13.1 Å². The van der Waals surface area contributed by atoms with Crippen molar-refractivity contribution in [3.05, 3.63) is 24.3 Å². The maximum absolute atomic E-state index is 10.9. The molecule has 1 saturated heterocycles. The molecule has 1 aromatic rings. The monoisotopic (exact) mass is 263 g/mol. The number of rotatable bonds is 5. The SMILES string of the molecule is CCOc1ccccc1N1CCC(C)(CC(=O)O)C1. The van der Waals surface area contributed by atoms with Crippen LogP contribution in [0.5, 0.6) is 5.75 Å². The number of hydrogen-bond acceptors (Lipinski definition) is 3. The highest BCUT2D eigenvalue weighted by Crippen LogP contribution is 2.39. The van der Waals surface area contributed by atoms with E-state index in [2.05, 4.69) is 4.90 Å². The van der Waals surface area contributed by atoms with Gasteiger partial charge in [-0.3, -0.25) is 4.79 Å². The van der Waals surface area contributed by atoms with Crippen molar-refractivity contribution in [1.29, 1.82) is 0 Å². The standard InChI is InChI=1S/C15H21NO3/c1-3-19-13-7-5-4-6-12(13)16-9-8-15(2,11-16)10-14(17)18/h4-7H,3,8-11H2,1-2H3,(H,17,18). The molecule has 4 nitrogen and oxygen atoms in total. The zero-order valence-electron chi connectivity index (χ0n) is 11.6. The van der Waals surface area contributed by atoms with E-state index >= 15 is 0 Å². The minimum atomic E-state index is -0.720. The van der Waals surface area contributed by atoms with Crippen molar-refractivity contribution in [3.63, 3.8) is 0 Å². The van der Waals surface area contributed by atoms with Crippen LogP contribution in [0.1, 0.15) is 26.7 Å². The fourth-order valence-corrected chi connectivity index (χ4v) is 2.73. The molecule has 1 unspecified atom stereocenters. The molecule has 0 aromatic heterocycles. The molecule has 1 aliphatic heterocycles. The van der Waals surface area contributed by atoms with E-state index in [1.807, 2.05) is 38.1 Å². The number of benzene rings is 1. The Bertz CT molecular complexity index is 460. The van der Waals surface area contributed by atoms with Crippen LogP contribution in [-0.2, 0) is 4.79 Å². The summed E-state index contributed by atoms with van der Waals surface area (Å²) in [6.45, 7) is 6.30. The third-order valence-electron chi connectivity index (χ3n) is 3.64. The number of hydrogen-bond donors (Lipinski definition) is 1. The highest BCUT2D eigenvalue weighted by molar-refractivity contribution is 5.68. The molecule has 4 heteroatoms. The Morgan fingerprint density at radius 2 is 2.21 bits per heavy atom. The molecular weight excluding hydrogens is 242 g/mol. The quantitative estimate of drug-likeness (QED) is 0.887. The zero-order chi connectivity index (χ0) is 13.9. The van der Waals surface area contributed by atoms with Gasteiger partial charge in [-0.25, -0.2) is 0 Å². The van der Waals surface area contributed by atoms with Crippen LogP contribution in [0, 0.1) is 5.41 Å². The van der Waals surface area contributed by atoms with Crippen LogP contribution in [0.3, 0.4) is 0 Å². The molecule has 2 rings (SSSR count). The third-order valence-corrected chi connectivity index (χ3v) is 3.64. The molecule has 0 spiro atoms. The Morgan fingerprint density at radius 3 is 2.89 bits per heavy atom. The van der Waals surface area contributed by atoms with Crippen LogP contribution in [0.15, 0.2) is 24.3 Å². The molecule has 1 fully saturated rings. The van der Waals surface area contributed by atoms with E-state index in [0.29, 0.717) is 6.61 Å². The fraction of sp³-hybridized carbons (Fsp3) is 0.533. The molecule has 1 atom stereocenters. The Balaban J connectivity index is 2.14. The maximum atomic E-state index is 10.9. The van der Waals surface area contributed by atoms with Crippen LogP contribution in [0.2, 0.25) is 0 Å². The van der Waals surface area contributed by atoms with Crippen molar-refractivity contribution in [2.75, 3.05) is 24.6 Å². The molecule has 1 N–H and O–H groups in total. The Hall–Kier alpha value is -1.71. The van der Waals surface area contributed by atoms with E-state index in [9.17, 15) is 4.79 Å². The molecular formula is C15H21NO3. The van der Waals surface area contributed by atoms with E-state index in [1.54, 1.807) is 0 Å². The van der Waals surface area contributed by atoms with Gasteiger partial charge in [-0.05, 0) is 30.9 Å². The summed E-state index contributed by atoms with van der Waals surface area (Å²) in [6, 6.07) is 7.95. The lowest BCUT2D eigenvalue weighted by Crippen LogP contribution is -2.27. The van der Waals surface area contributed by atoms with Crippen LogP contribution in [0.4, 0.5) is 5.69 Å². The summed E-state index contributed by atoms with van der Waals surface area (Å²) in [6.07, 6.45) is 1.13. The Morgan fingerprint density at radius 1 is 1.47 bits per heavy atom. The first-order valence-electron chi connectivity index (χ1n) is 6.73. The van der Waals surface area contributed by atoms with E-state index < -0.39 is 5.97 Å². The van der Waals surface area contributed by atoms with E-state index in [1.165, 1.54) is 0 Å². The van der Waals surface area contributed by atoms with Crippen LogP contribution in [0.25, 0.3) is 0 Å². The van der Waals surface area contributed by atoms with E-state index in [0.717, 1.165) is 30.9 Å². The lowest BCUT2D eigenvalue weighted by atomic mass is 9.86. The van der Waals surface area contributed by atoms with Crippen molar-refractivity contribution in [3.8, 4) is 5.75 Å². The van der Waals surface area contributed by atoms with Gasteiger partial charge in [0.25, 0.3) is 0 Å². The van der Waals surface area contributed by atoms with Crippen LogP contribution in [-0.4, -0.2) is 30.8 Å². The number of nitrogens with zero attached hydrogens (tertiary/aromatic N) is 1. The van der Waals surface area contributed by atoms with Crippen molar-refractivity contribution >= 4 is 11.7 Å². The summed E-state index contributed by atoms with van der Waals surface area (Å²) in [5.74, 6) is 0.159. The van der Waals surface area contributed by atoms with Crippen LogP contribution >= 0.6 is 0 Å². The molecule has 0 saturated carbocycles. The highest BCUT2D eigenvalue weighted by Gasteiger charge is 2.36. The zero-order valence-corrected chi connectivity index (χ0v) is 11.6. The van der Waals surface area contributed by atoms with Crippen molar-refractivity contribution in [2.24, 2.45) is 5.41 Å². The second-order valence-electron chi connectivity index (χ2n) is 5.45. The average Bonchev–Trinajstić information content (AvgIpc) is 2.71. The predicted molar refractivity (Wildman–Crippen MR) is 74.8 cm³/mol. The van der Waals surface area contributed by atoms with E-state index in [-0.39, 0.29) is 11.8 Å². The molecule has 0 amide bonds. The first-order valence-corrected chi connectivity index (χ1v) is 6.73. The maximum Gasteiger partial charge on any atom is 0.303 e. The number of ether oxygens (including phenoxy) is 1. The van der Waals surface area contributed by atoms with Gasteiger partial charge in [-0.2, -0.15) is 0 Å². The number of carboxylic acids is 1. The highest BCUT2D eigenvalue weighted by atomic mass is 16.5. The molecule has 0 bridgehead atoms. The smallest absolute Gasteiger partial charge is 0.303 e. The summed E-state index contributed by atoms with van der Waals surface area (Å²) in [4.78, 5) is 13.2. The van der Waals surface area contributed by atoms with Gasteiger partial charge < -0.3 is 14.7 Å². The molecule has 1 heterocycles. The first-order chi connectivity index (χ1) is 9.04. The second kappa shape index (κ2) is 5.51. The van der Waals surface area contributed by atoms with Crippen molar-refractivity contribution in [2.45, 2.75) is 26.7 Å². The Labute approximate surface area is 114 Å². The molecule has 1 aliphatic rings. The van der Waals surface area contributed by atoms with Gasteiger partial charge in [-0.15, -0.1) is 0 Å². The largest absolute Gasteiger partial charge is 0.492 e. The number of aliphatic carboxylic acids is 1. The summed E-state index contributed by atoms with van der Waals surface area (Å²) in [5, 5.41) is 8.99. The number of para-hydroxylation sites is 2. The van der Waals surface area contributed by atoms with Gasteiger partial charge in [0.15, 0.2) is 0 Å². The summed E-state index contributed by atoms with van der Waals surface area (Å²) < 4.78 is 5.64. The fourth-order valence-electron chi connectivity index (χ4n) is 2.73. The third kappa shape index (κ3) is 3.19. The predicted octanol–water partition coefficient (Wildman–Crippen LogP) is 2.78. The van der Waals surface area contributed by atoms with Crippen molar-refractivity contribution < 1.29 is 14.6 Å². The average molecular weight is 263 g/mol.